The van der Waals surface area contributed by atoms with Gasteiger partial charge in [-0.2, -0.15) is 4.98 Å². The molecule has 0 amide bonds. The Bertz CT molecular complexity index is 977. The van der Waals surface area contributed by atoms with Gasteiger partial charge in [0.2, 0.25) is 5.95 Å². The number of hydrogen-bond acceptors (Lipinski definition) is 13. The van der Waals surface area contributed by atoms with E-state index in [0.717, 1.165) is 10.9 Å². The zero-order chi connectivity index (χ0) is 19.9. The molecule has 1 saturated heterocycles. The number of anilines is 1. The normalized spacial score (nSPS) is 28.4. The minimum absolute atomic E-state index is 0.0461. The number of imidazole rings is 1. The number of H-pyrrole nitrogens is 1. The van der Waals surface area contributed by atoms with Crippen LogP contribution in [0.15, 0.2) is 11.1 Å². The topological polar surface area (TPSA) is 238 Å². The molecular weight excluding hydrogens is 412 g/mol. The third-order valence-corrected chi connectivity index (χ3v) is 5.42. The Morgan fingerprint density at radius 3 is 2.85 bits per heavy atom. The van der Waals surface area contributed by atoms with Crippen LogP contribution in [0.5, 0.6) is 0 Å². The molecule has 17 heteroatoms. The quantitative estimate of drug-likeness (QED) is 0.335. The van der Waals surface area contributed by atoms with Crippen LogP contribution in [0.3, 0.4) is 0 Å². The Hall–Kier alpha value is -1.80. The number of hydrogen-bond donors (Lipinski definition) is 4. The highest BCUT2D eigenvalue weighted by Gasteiger charge is 2.45. The van der Waals surface area contributed by atoms with E-state index in [1.54, 1.807) is 0 Å². The van der Waals surface area contributed by atoms with Crippen LogP contribution in [-0.4, -0.2) is 54.7 Å². The summed E-state index contributed by atoms with van der Waals surface area (Å²) in [6, 6.07) is 0. The Morgan fingerprint density at radius 2 is 2.19 bits per heavy atom. The Balaban J connectivity index is 1.80. The van der Waals surface area contributed by atoms with Crippen LogP contribution in [0.4, 0.5) is 5.95 Å². The minimum Gasteiger partial charge on any atom is -0.753 e. The molecule has 2 aromatic rings. The molecule has 148 valence electrons. The summed E-state index contributed by atoms with van der Waals surface area (Å²) < 4.78 is 36.0. The van der Waals surface area contributed by atoms with Crippen LogP contribution in [0, 0.1) is 0 Å². The van der Waals surface area contributed by atoms with Crippen molar-refractivity contribution in [1.82, 2.24) is 19.5 Å². The van der Waals surface area contributed by atoms with Crippen molar-refractivity contribution in [3.05, 3.63) is 16.7 Å². The predicted molar refractivity (Wildman–Crippen MR) is 80.7 cm³/mol. The first-order valence-corrected chi connectivity index (χ1v) is 9.68. The van der Waals surface area contributed by atoms with Crippen molar-refractivity contribution in [2.75, 3.05) is 12.3 Å². The number of rotatable bonds is 6. The molecule has 0 saturated carbocycles. The summed E-state index contributed by atoms with van der Waals surface area (Å²) in [5, 5.41) is 20.2. The summed E-state index contributed by atoms with van der Waals surface area (Å²) >= 11 is 0. The molecule has 15 nitrogen and oxygen atoms in total. The Kier molecular flexibility index (Phi) is 5.40. The number of nitrogens with zero attached hydrogens (tertiary/aromatic N) is 3. The number of ether oxygens (including phenoxy) is 1. The van der Waals surface area contributed by atoms with Gasteiger partial charge in [0.25, 0.3) is 5.56 Å². The van der Waals surface area contributed by atoms with Crippen molar-refractivity contribution in [2.45, 2.75) is 24.5 Å². The molecule has 0 aliphatic carbocycles. The van der Waals surface area contributed by atoms with Crippen molar-refractivity contribution < 1.29 is 42.7 Å². The lowest BCUT2D eigenvalue weighted by atomic mass is 10.1. The molecule has 0 spiro atoms. The van der Waals surface area contributed by atoms with E-state index in [1.165, 1.54) is 0 Å². The van der Waals surface area contributed by atoms with E-state index in [0.29, 0.717) is 0 Å². The monoisotopic (exact) mass is 424 g/mol. The van der Waals surface area contributed by atoms with Crippen LogP contribution in [0.2, 0.25) is 0 Å². The first-order chi connectivity index (χ1) is 12.6. The molecule has 3 heterocycles. The molecule has 2 aromatic heterocycles. The lowest BCUT2D eigenvalue weighted by Gasteiger charge is -2.20. The standard InChI is InChI=1S/C10H13N5O10P2/c11-10-13-7-4(8(18)14-10)12-2-15(7)9-6(17)5(16)3(24-9)1-23-27(21,22)25-26(19)20/h2-3,5-6,9,16-17H,1H2,(H,21,22)(H3,11,13,14,18)/p-1/t3?,5?,6-,9?/m0/s1. The lowest BCUT2D eigenvalue weighted by Crippen LogP contribution is -2.34. The fraction of sp³-hybridized carbons (Fsp3) is 0.500. The zero-order valence-electron chi connectivity index (χ0n) is 13.1. The molecule has 0 aromatic carbocycles. The van der Waals surface area contributed by atoms with E-state index in [9.17, 15) is 33.9 Å². The minimum atomic E-state index is -5.19. The molecule has 1 fully saturated rings. The molecule has 27 heavy (non-hydrogen) atoms. The second-order valence-electron chi connectivity index (χ2n) is 5.37. The Labute approximate surface area is 149 Å². The number of aliphatic hydroxyl groups excluding tert-OH is 2. The van der Waals surface area contributed by atoms with E-state index < -0.39 is 52.8 Å². The van der Waals surface area contributed by atoms with Gasteiger partial charge in [-0.3, -0.25) is 18.9 Å². The molecule has 1 aliphatic rings. The predicted octanol–water partition coefficient (Wildman–Crippen LogP) is -3.16. The molecule has 5 N–H and O–H groups in total. The van der Waals surface area contributed by atoms with Crippen LogP contribution in [-0.2, 0) is 22.7 Å². The smallest absolute Gasteiger partial charge is 0.496 e. The molecular formula is C10H12N5O10P2-. The van der Waals surface area contributed by atoms with Crippen molar-refractivity contribution >= 4 is 33.2 Å². The molecule has 3 rings (SSSR count). The maximum Gasteiger partial charge on any atom is 0.496 e. The third-order valence-electron chi connectivity index (χ3n) is 3.63. The van der Waals surface area contributed by atoms with E-state index in [-0.39, 0.29) is 17.1 Å². The fourth-order valence-corrected chi connectivity index (χ4v) is 3.67. The van der Waals surface area contributed by atoms with Crippen molar-refractivity contribution in [3.63, 3.8) is 0 Å². The van der Waals surface area contributed by atoms with Gasteiger partial charge in [-0.05, 0) is 4.57 Å². The summed E-state index contributed by atoms with van der Waals surface area (Å²) in [4.78, 5) is 43.3. The van der Waals surface area contributed by atoms with Gasteiger partial charge in [0.05, 0.1) is 12.9 Å². The summed E-state index contributed by atoms with van der Waals surface area (Å²) in [6.45, 7) is -0.846. The number of nitrogen functional groups attached to an aromatic ring is 1. The second kappa shape index (κ2) is 7.31. The van der Waals surface area contributed by atoms with Crippen LogP contribution in [0.25, 0.3) is 11.2 Å². The van der Waals surface area contributed by atoms with Gasteiger partial charge in [0.15, 0.2) is 17.4 Å². The maximum absolute atomic E-state index is 11.8. The summed E-state index contributed by atoms with van der Waals surface area (Å²) in [7, 11) is -8.91. The van der Waals surface area contributed by atoms with Crippen LogP contribution < -0.4 is 21.1 Å². The number of aromatic amines is 1. The Morgan fingerprint density at radius 1 is 1.48 bits per heavy atom. The SMILES string of the molecule is Nc1nc2c(ncn2C2OC(COP(=O)([O-])O[P+](=O)[O-])C(O)[C@@H]2O)c(=O)[nH]1. The number of phosphoric acid groups is 1. The highest BCUT2D eigenvalue weighted by atomic mass is 31.2. The number of aromatic nitrogens is 4. The molecule has 6 atom stereocenters. The van der Waals surface area contributed by atoms with Gasteiger partial charge in [-0.1, -0.05) is 4.31 Å². The zero-order valence-corrected chi connectivity index (χ0v) is 14.9. The lowest BCUT2D eigenvalue weighted by molar-refractivity contribution is -0.230. The molecule has 1 aliphatic heterocycles. The fourth-order valence-electron chi connectivity index (χ4n) is 2.50. The average molecular weight is 424 g/mol. The van der Waals surface area contributed by atoms with Crippen molar-refractivity contribution in [2.24, 2.45) is 0 Å². The van der Waals surface area contributed by atoms with Gasteiger partial charge in [0.1, 0.15) is 18.3 Å². The van der Waals surface area contributed by atoms with E-state index in [4.69, 9.17) is 10.5 Å². The second-order valence-corrected chi connectivity index (χ2v) is 7.62. The van der Waals surface area contributed by atoms with Crippen molar-refractivity contribution in [1.29, 1.82) is 0 Å². The summed E-state index contributed by atoms with van der Waals surface area (Å²) in [5.74, 6) is -0.224. The summed E-state index contributed by atoms with van der Waals surface area (Å²) in [5.41, 5.74) is 4.68. The number of nitrogens with one attached hydrogen (secondary N) is 1. The van der Waals surface area contributed by atoms with Crippen LogP contribution in [0.1, 0.15) is 6.23 Å². The van der Waals surface area contributed by atoms with E-state index >= 15 is 0 Å². The molecule has 0 radical (unpaired) electrons. The highest BCUT2D eigenvalue weighted by molar-refractivity contribution is 7.54. The number of aliphatic hydroxyl groups is 2. The number of nitrogens with two attached hydrogens (primary N) is 1. The number of fused-ring (bicyclic) bond motifs is 1. The van der Waals surface area contributed by atoms with E-state index in [2.05, 4.69) is 23.8 Å². The van der Waals surface area contributed by atoms with Gasteiger partial charge in [0, 0.05) is 0 Å². The van der Waals surface area contributed by atoms with Gasteiger partial charge in [-0.25, -0.2) is 4.98 Å². The first-order valence-electron chi connectivity index (χ1n) is 7.12. The highest BCUT2D eigenvalue weighted by Crippen LogP contribution is 2.46. The van der Waals surface area contributed by atoms with Crippen molar-refractivity contribution in [3.8, 4) is 0 Å². The maximum atomic E-state index is 11.8. The first kappa shape index (κ1) is 19.9. The van der Waals surface area contributed by atoms with E-state index in [1.807, 2.05) is 0 Å². The number of phosphoric ester groups is 1. The van der Waals surface area contributed by atoms with Gasteiger partial charge in [-0.15, -0.1) is 0 Å². The van der Waals surface area contributed by atoms with Gasteiger partial charge >= 0.3 is 16.1 Å². The third kappa shape index (κ3) is 4.06. The molecule has 5 unspecified atom stereocenters. The molecule has 0 bridgehead atoms. The van der Waals surface area contributed by atoms with Crippen LogP contribution >= 0.6 is 16.1 Å². The average Bonchev–Trinajstić information content (AvgIpc) is 3.07. The van der Waals surface area contributed by atoms with Gasteiger partial charge < -0.3 is 35.0 Å². The summed E-state index contributed by atoms with van der Waals surface area (Å²) in [6.07, 6.45) is -4.78. The largest absolute Gasteiger partial charge is 0.753 e.